The molecule has 5 heteroatoms. The van der Waals surface area contributed by atoms with E-state index in [1.54, 1.807) is 0 Å². The van der Waals surface area contributed by atoms with Crippen molar-refractivity contribution in [2.45, 2.75) is 19.8 Å². The summed E-state index contributed by atoms with van der Waals surface area (Å²) in [5.41, 5.74) is 0. The second kappa shape index (κ2) is 6.16. The largest absolute Gasteiger partial charge is 0.400 e. The van der Waals surface area contributed by atoms with Crippen LogP contribution in [0.1, 0.15) is 19.8 Å². The van der Waals surface area contributed by atoms with Gasteiger partial charge in [0, 0.05) is 0 Å². The van der Waals surface area contributed by atoms with Crippen LogP contribution < -0.4 is 0 Å². The topological polar surface area (TPSA) is 52.6 Å². The van der Waals surface area contributed by atoms with Crippen LogP contribution in [-0.4, -0.2) is 21.6 Å². The molecular weight excluding hydrogens is 180 g/mol. The first-order valence-corrected chi connectivity index (χ1v) is 5.10. The van der Waals surface area contributed by atoms with E-state index in [2.05, 4.69) is 14.9 Å². The van der Waals surface area contributed by atoms with Crippen LogP contribution in [-0.2, 0) is 18.8 Å². The summed E-state index contributed by atoms with van der Waals surface area (Å²) >= 11 is 0. The Morgan fingerprint density at radius 1 is 1.42 bits per heavy atom. The fourth-order valence-corrected chi connectivity index (χ4v) is 1.12. The van der Waals surface area contributed by atoms with E-state index in [9.17, 15) is 8.42 Å². The maximum Gasteiger partial charge on any atom is 0.400 e. The summed E-state index contributed by atoms with van der Waals surface area (Å²) in [6.45, 7) is 5.39. The quantitative estimate of drug-likeness (QED) is 0.452. The SMILES string of the molecule is C=CCOS(=O)(=O)OCCCC. The molecule has 0 amide bonds. The van der Waals surface area contributed by atoms with Gasteiger partial charge in [-0.15, -0.1) is 6.58 Å². The van der Waals surface area contributed by atoms with Crippen LogP contribution >= 0.6 is 0 Å². The molecule has 0 bridgehead atoms. The molecule has 0 aromatic carbocycles. The second-order valence-electron chi connectivity index (χ2n) is 2.16. The van der Waals surface area contributed by atoms with Crippen LogP contribution in [0.15, 0.2) is 12.7 Å². The van der Waals surface area contributed by atoms with Gasteiger partial charge in [-0.3, -0.25) is 0 Å². The smallest absolute Gasteiger partial charge is 0.248 e. The van der Waals surface area contributed by atoms with E-state index in [1.165, 1.54) is 6.08 Å². The maximum absolute atomic E-state index is 10.8. The molecule has 0 aromatic heterocycles. The average Bonchev–Trinajstić information content (AvgIpc) is 2.01. The fraction of sp³-hybridized carbons (Fsp3) is 0.714. The highest BCUT2D eigenvalue weighted by Crippen LogP contribution is 1.98. The van der Waals surface area contributed by atoms with Crippen molar-refractivity contribution in [3.05, 3.63) is 12.7 Å². The van der Waals surface area contributed by atoms with E-state index in [0.717, 1.165) is 6.42 Å². The molecule has 0 fully saturated rings. The van der Waals surface area contributed by atoms with E-state index in [1.807, 2.05) is 6.92 Å². The summed E-state index contributed by atoms with van der Waals surface area (Å²) in [7, 11) is -3.79. The van der Waals surface area contributed by atoms with Crippen molar-refractivity contribution >= 4 is 10.4 Å². The van der Waals surface area contributed by atoms with Crippen LogP contribution in [0.2, 0.25) is 0 Å². The minimum Gasteiger partial charge on any atom is -0.248 e. The molecule has 0 atom stereocenters. The molecule has 4 nitrogen and oxygen atoms in total. The summed E-state index contributed by atoms with van der Waals surface area (Å²) in [5, 5.41) is 0. The molecule has 0 spiro atoms. The first kappa shape index (κ1) is 11.6. The Balaban J connectivity index is 3.64. The lowest BCUT2D eigenvalue weighted by Crippen LogP contribution is -2.10. The van der Waals surface area contributed by atoms with Gasteiger partial charge in [-0.1, -0.05) is 19.4 Å². The Hall–Kier alpha value is -0.390. The average molecular weight is 194 g/mol. The Labute approximate surface area is 73.5 Å². The molecule has 0 unspecified atom stereocenters. The van der Waals surface area contributed by atoms with Gasteiger partial charge in [0.1, 0.15) is 0 Å². The van der Waals surface area contributed by atoms with E-state index >= 15 is 0 Å². The molecule has 0 N–H and O–H groups in total. The van der Waals surface area contributed by atoms with Crippen LogP contribution in [0.5, 0.6) is 0 Å². The van der Waals surface area contributed by atoms with Crippen molar-refractivity contribution < 1.29 is 16.8 Å². The van der Waals surface area contributed by atoms with Crippen molar-refractivity contribution in [2.24, 2.45) is 0 Å². The molecule has 0 saturated carbocycles. The summed E-state index contributed by atoms with van der Waals surface area (Å²) in [6, 6.07) is 0. The van der Waals surface area contributed by atoms with Gasteiger partial charge < -0.3 is 0 Å². The summed E-state index contributed by atoms with van der Waals surface area (Å²) in [5.74, 6) is 0. The highest BCUT2D eigenvalue weighted by molar-refractivity contribution is 7.81. The van der Waals surface area contributed by atoms with Crippen LogP contribution in [0.4, 0.5) is 0 Å². The van der Waals surface area contributed by atoms with Gasteiger partial charge in [-0.05, 0) is 6.42 Å². The lowest BCUT2D eigenvalue weighted by molar-refractivity contribution is 0.227. The molecule has 0 aliphatic rings. The first-order valence-electron chi connectivity index (χ1n) is 3.77. The molecule has 0 aliphatic heterocycles. The summed E-state index contributed by atoms with van der Waals surface area (Å²) in [4.78, 5) is 0. The van der Waals surface area contributed by atoms with E-state index in [4.69, 9.17) is 0 Å². The number of rotatable bonds is 7. The van der Waals surface area contributed by atoms with Gasteiger partial charge >= 0.3 is 10.4 Å². The normalized spacial score (nSPS) is 11.4. The van der Waals surface area contributed by atoms with Crippen molar-refractivity contribution in [3.8, 4) is 0 Å². The highest BCUT2D eigenvalue weighted by atomic mass is 32.3. The zero-order chi connectivity index (χ0) is 9.45. The van der Waals surface area contributed by atoms with Gasteiger partial charge in [0.15, 0.2) is 0 Å². The molecule has 0 saturated heterocycles. The maximum atomic E-state index is 10.8. The fourth-order valence-electron chi connectivity index (χ4n) is 0.471. The van der Waals surface area contributed by atoms with Crippen LogP contribution in [0, 0.1) is 0 Å². The third-order valence-electron chi connectivity index (χ3n) is 1.06. The predicted octanol–water partition coefficient (Wildman–Crippen LogP) is 1.25. The van der Waals surface area contributed by atoms with Gasteiger partial charge in [0.25, 0.3) is 0 Å². The van der Waals surface area contributed by atoms with Crippen molar-refractivity contribution in [2.75, 3.05) is 13.2 Å². The lowest BCUT2D eigenvalue weighted by atomic mass is 10.4. The Bertz CT molecular complexity index is 207. The van der Waals surface area contributed by atoms with Crippen molar-refractivity contribution in [1.29, 1.82) is 0 Å². The van der Waals surface area contributed by atoms with Gasteiger partial charge in [0.2, 0.25) is 0 Å². The third-order valence-corrected chi connectivity index (χ3v) is 1.94. The predicted molar refractivity (Wildman–Crippen MR) is 45.9 cm³/mol. The van der Waals surface area contributed by atoms with Crippen LogP contribution in [0.25, 0.3) is 0 Å². The molecule has 0 radical (unpaired) electrons. The zero-order valence-electron chi connectivity index (χ0n) is 7.15. The molecule has 0 rings (SSSR count). The molecule has 0 aliphatic carbocycles. The standard InChI is InChI=1S/C7H14O4S/c1-3-5-7-11-12(8,9)10-6-4-2/h4H,2-3,5-7H2,1H3. The van der Waals surface area contributed by atoms with E-state index < -0.39 is 10.4 Å². The highest BCUT2D eigenvalue weighted by Gasteiger charge is 2.09. The van der Waals surface area contributed by atoms with E-state index in [0.29, 0.717) is 6.42 Å². The lowest BCUT2D eigenvalue weighted by Gasteiger charge is -2.02. The van der Waals surface area contributed by atoms with Gasteiger partial charge in [-0.25, -0.2) is 8.37 Å². The summed E-state index contributed by atoms with van der Waals surface area (Å²) < 4.78 is 30.4. The van der Waals surface area contributed by atoms with Gasteiger partial charge in [-0.2, -0.15) is 8.42 Å². The number of unbranched alkanes of at least 4 members (excludes halogenated alkanes) is 1. The third kappa shape index (κ3) is 6.33. The monoisotopic (exact) mass is 194 g/mol. The van der Waals surface area contributed by atoms with Gasteiger partial charge in [0.05, 0.1) is 13.2 Å². The molecule has 0 heterocycles. The molecular formula is C7H14O4S. The Morgan fingerprint density at radius 3 is 2.58 bits per heavy atom. The minimum atomic E-state index is -3.79. The zero-order valence-corrected chi connectivity index (χ0v) is 7.97. The minimum absolute atomic E-state index is 0.0472. The summed E-state index contributed by atoms with van der Waals surface area (Å²) in [6.07, 6.45) is 2.94. The van der Waals surface area contributed by atoms with E-state index in [-0.39, 0.29) is 13.2 Å². The molecule has 12 heavy (non-hydrogen) atoms. The Kier molecular flexibility index (Phi) is 5.96. The Morgan fingerprint density at radius 2 is 2.08 bits per heavy atom. The van der Waals surface area contributed by atoms with Crippen LogP contribution in [0.3, 0.4) is 0 Å². The number of hydrogen-bond donors (Lipinski definition) is 0. The molecule has 72 valence electrons. The first-order chi connectivity index (χ1) is 5.62. The second-order valence-corrected chi connectivity index (χ2v) is 3.44. The van der Waals surface area contributed by atoms with Crippen molar-refractivity contribution in [1.82, 2.24) is 0 Å². The number of hydrogen-bond acceptors (Lipinski definition) is 4. The van der Waals surface area contributed by atoms with Crippen molar-refractivity contribution in [3.63, 3.8) is 0 Å². The molecule has 0 aromatic rings.